The molecule has 0 spiro atoms. The predicted molar refractivity (Wildman–Crippen MR) is 156 cm³/mol. The second-order valence-electron chi connectivity index (χ2n) is 10.0. The summed E-state index contributed by atoms with van der Waals surface area (Å²) in [5.41, 5.74) is 3.33. The quantitative estimate of drug-likeness (QED) is 0.201. The molecular weight excluding hydrogens is 584 g/mol. The number of rotatable bonds is 8. The van der Waals surface area contributed by atoms with Crippen LogP contribution >= 0.6 is 43.0 Å². The summed E-state index contributed by atoms with van der Waals surface area (Å²) >= 11 is 14.0. The number of benzene rings is 2. The number of hydrogen-bond donors (Lipinski definition) is 2. The molecule has 0 aromatic heterocycles. The van der Waals surface area contributed by atoms with E-state index >= 15 is 0 Å². The monoisotopic (exact) mass is 613 g/mol. The molecule has 0 bridgehead atoms. The standard InChI is InChI=1S/C26H30Cl2N3O6PS/c1-25(2,3)37-21(32)20-15(13-36-24(29)34)14-39-23-26(35-4,22(33)31(20)23)30-38(18-9-5-7-16(27)11-18)19-10-6-8-17(28)12-19/h5-12,23,30H,13-14,38H2,1-4H3,(H2,29,34)/t23-,26-/m0/s1. The van der Waals surface area contributed by atoms with Crippen LogP contribution in [0.4, 0.5) is 4.79 Å². The van der Waals surface area contributed by atoms with E-state index in [1.165, 1.54) is 23.8 Å². The molecule has 2 amide bonds. The molecule has 0 radical (unpaired) electrons. The Morgan fingerprint density at radius 2 is 1.74 bits per heavy atom. The Hall–Kier alpha value is -2.33. The van der Waals surface area contributed by atoms with Gasteiger partial charge < -0.3 is 0 Å². The third-order valence-corrected chi connectivity index (χ3v) is 10.7. The van der Waals surface area contributed by atoms with Gasteiger partial charge in [-0.1, -0.05) is 0 Å². The van der Waals surface area contributed by atoms with E-state index in [0.717, 1.165) is 10.6 Å². The van der Waals surface area contributed by atoms with Gasteiger partial charge in [-0.05, 0) is 0 Å². The van der Waals surface area contributed by atoms with Crippen molar-refractivity contribution < 1.29 is 28.6 Å². The Morgan fingerprint density at radius 1 is 1.15 bits per heavy atom. The van der Waals surface area contributed by atoms with Crippen molar-refractivity contribution in [3.8, 4) is 0 Å². The first-order chi connectivity index (χ1) is 18.4. The maximum absolute atomic E-state index is 14.0. The molecule has 1 fully saturated rings. The van der Waals surface area contributed by atoms with Gasteiger partial charge in [-0.3, -0.25) is 0 Å². The van der Waals surface area contributed by atoms with E-state index in [-0.39, 0.29) is 18.1 Å². The average molecular weight is 614 g/mol. The van der Waals surface area contributed by atoms with E-state index in [1.54, 1.807) is 32.9 Å². The van der Waals surface area contributed by atoms with Crippen LogP contribution in [0.3, 0.4) is 0 Å². The number of fused-ring (bicyclic) bond motifs is 1. The second kappa shape index (κ2) is 11.6. The molecule has 2 aliphatic rings. The summed E-state index contributed by atoms with van der Waals surface area (Å²) in [6.45, 7) is 4.94. The van der Waals surface area contributed by atoms with E-state index in [2.05, 4.69) is 5.09 Å². The molecule has 2 aliphatic heterocycles. The van der Waals surface area contributed by atoms with Crippen molar-refractivity contribution in [2.75, 3.05) is 19.5 Å². The molecule has 1 saturated heterocycles. The van der Waals surface area contributed by atoms with E-state index in [4.69, 9.17) is 43.1 Å². The zero-order valence-electron chi connectivity index (χ0n) is 21.8. The number of methoxy groups -OCH3 is 1. The van der Waals surface area contributed by atoms with Gasteiger partial charge >= 0.3 is 243 Å². The van der Waals surface area contributed by atoms with Crippen molar-refractivity contribution >= 4 is 71.6 Å². The number of hydrogen-bond acceptors (Lipinski definition) is 8. The van der Waals surface area contributed by atoms with Crippen LogP contribution in [0.25, 0.3) is 0 Å². The predicted octanol–water partition coefficient (Wildman–Crippen LogP) is 3.34. The topological polar surface area (TPSA) is 120 Å². The van der Waals surface area contributed by atoms with Crippen LogP contribution in [-0.4, -0.2) is 59.0 Å². The van der Waals surface area contributed by atoms with Crippen LogP contribution in [0, 0.1) is 0 Å². The summed E-state index contributed by atoms with van der Waals surface area (Å²) in [4.78, 5) is 39.9. The summed E-state index contributed by atoms with van der Waals surface area (Å²) in [6.07, 6.45) is -0.988. The third-order valence-electron chi connectivity index (χ3n) is 6.14. The fraction of sp³-hybridized carbons (Fsp3) is 0.346. The molecule has 9 nitrogen and oxygen atoms in total. The summed E-state index contributed by atoms with van der Waals surface area (Å²) < 4.78 is 16.5. The van der Waals surface area contributed by atoms with Crippen molar-refractivity contribution in [2.24, 2.45) is 5.73 Å². The van der Waals surface area contributed by atoms with Crippen LogP contribution in [0.15, 0.2) is 59.8 Å². The van der Waals surface area contributed by atoms with Gasteiger partial charge in [0.2, 0.25) is 0 Å². The SMILES string of the molecule is CO[C@@]1(N[PH2](c2cccc(Cl)c2)c2cccc(Cl)c2)C(=O)N2C(C(=O)OC(C)(C)C)=C(COC(N)=O)CS[C@H]21. The summed E-state index contributed by atoms with van der Waals surface area (Å²) in [5, 5.41) is 5.89. The number of β-lactam (4-membered cyclic amide) rings is 1. The van der Waals surface area contributed by atoms with E-state index in [1.807, 2.05) is 36.4 Å². The van der Waals surface area contributed by atoms with Gasteiger partial charge in [-0.25, -0.2) is 0 Å². The van der Waals surface area contributed by atoms with Gasteiger partial charge in [0.05, 0.1) is 0 Å². The Bertz CT molecular complexity index is 1290. The molecule has 2 atom stereocenters. The zero-order valence-corrected chi connectivity index (χ0v) is 25.3. The number of thioether (sulfide) groups is 1. The normalized spacial score (nSPS) is 21.2. The fourth-order valence-corrected chi connectivity index (χ4v) is 9.50. The van der Waals surface area contributed by atoms with E-state index in [9.17, 15) is 14.4 Å². The first-order valence-electron chi connectivity index (χ1n) is 12.0. The van der Waals surface area contributed by atoms with Gasteiger partial charge in [0.25, 0.3) is 0 Å². The number of amides is 2. The summed E-state index contributed by atoms with van der Waals surface area (Å²) in [6, 6.07) is 14.9. The zero-order chi connectivity index (χ0) is 28.5. The Morgan fingerprint density at radius 3 is 2.23 bits per heavy atom. The van der Waals surface area contributed by atoms with Gasteiger partial charge in [-0.15, -0.1) is 0 Å². The number of carbonyl (C=O) groups excluding carboxylic acids is 3. The number of halogens is 2. The molecule has 210 valence electrons. The minimum absolute atomic E-state index is 0.0260. The number of carbonyl (C=O) groups is 3. The van der Waals surface area contributed by atoms with Crippen molar-refractivity contribution in [3.63, 3.8) is 0 Å². The molecule has 3 N–H and O–H groups in total. The third kappa shape index (κ3) is 6.21. The molecule has 2 heterocycles. The van der Waals surface area contributed by atoms with E-state index < -0.39 is 42.7 Å². The number of nitrogens with zero attached hydrogens (tertiary/aromatic N) is 1. The Kier molecular flexibility index (Phi) is 8.86. The van der Waals surface area contributed by atoms with Crippen LogP contribution in [0.1, 0.15) is 20.8 Å². The van der Waals surface area contributed by atoms with Gasteiger partial charge in [0.15, 0.2) is 0 Å². The van der Waals surface area contributed by atoms with Crippen LogP contribution in [-0.2, 0) is 23.8 Å². The molecule has 0 aliphatic carbocycles. The molecule has 0 unspecified atom stereocenters. The number of nitrogens with one attached hydrogen (secondary N) is 1. The van der Waals surface area contributed by atoms with Crippen molar-refractivity contribution in [1.82, 2.24) is 9.99 Å². The Labute approximate surface area is 242 Å². The summed E-state index contributed by atoms with van der Waals surface area (Å²) in [7, 11) is -0.914. The number of nitrogens with two attached hydrogens (primary N) is 1. The maximum atomic E-state index is 14.0. The average Bonchev–Trinajstić information content (AvgIpc) is 2.86. The van der Waals surface area contributed by atoms with Crippen LogP contribution in [0.5, 0.6) is 0 Å². The number of primary amides is 1. The molecule has 39 heavy (non-hydrogen) atoms. The van der Waals surface area contributed by atoms with Crippen molar-refractivity contribution in [3.05, 3.63) is 69.8 Å². The molecular formula is C26H30Cl2N3O6PS. The molecule has 2 aromatic rings. The van der Waals surface area contributed by atoms with Crippen LogP contribution < -0.4 is 21.4 Å². The van der Waals surface area contributed by atoms with Crippen molar-refractivity contribution in [2.45, 2.75) is 37.5 Å². The Balaban J connectivity index is 1.74. The summed E-state index contributed by atoms with van der Waals surface area (Å²) in [5.74, 6) is -0.891. The molecule has 13 heteroatoms. The molecule has 0 saturated carbocycles. The van der Waals surface area contributed by atoms with E-state index in [0.29, 0.717) is 15.6 Å². The van der Waals surface area contributed by atoms with Gasteiger partial charge in [0.1, 0.15) is 0 Å². The second-order valence-corrected chi connectivity index (χ2v) is 14.5. The molecule has 4 rings (SSSR count). The van der Waals surface area contributed by atoms with Gasteiger partial charge in [0, 0.05) is 0 Å². The van der Waals surface area contributed by atoms with Crippen molar-refractivity contribution in [1.29, 1.82) is 0 Å². The fourth-order valence-electron chi connectivity index (χ4n) is 4.50. The molecule has 2 aromatic carbocycles. The van der Waals surface area contributed by atoms with Gasteiger partial charge in [-0.2, -0.15) is 0 Å². The first kappa shape index (κ1) is 29.6. The minimum atomic E-state index is -2.37. The first-order valence-corrected chi connectivity index (χ1v) is 15.6. The number of esters is 1. The number of ether oxygens (including phenoxy) is 3. The van der Waals surface area contributed by atoms with Crippen LogP contribution in [0.2, 0.25) is 10.0 Å².